The fourth-order valence-corrected chi connectivity index (χ4v) is 2.34. The van der Waals surface area contributed by atoms with Gasteiger partial charge in [0, 0.05) is 0 Å². The van der Waals surface area contributed by atoms with Crippen LogP contribution in [0.2, 0.25) is 0 Å². The van der Waals surface area contributed by atoms with Crippen molar-refractivity contribution in [2.24, 2.45) is 0 Å². The average molecular weight is 389 g/mol. The summed E-state index contributed by atoms with van der Waals surface area (Å²) in [6.07, 6.45) is 1.44. The van der Waals surface area contributed by atoms with Crippen LogP contribution < -0.4 is 5.32 Å². The highest BCUT2D eigenvalue weighted by Gasteiger charge is 2.15. The van der Waals surface area contributed by atoms with E-state index < -0.39 is 11.7 Å². The van der Waals surface area contributed by atoms with Crippen molar-refractivity contribution in [2.45, 2.75) is 6.92 Å². The van der Waals surface area contributed by atoms with Gasteiger partial charge in [-0.15, -0.1) is 0 Å². The fraction of sp³-hybridized carbons (Fsp3) is 0.0833. The molecular formula is C12H8Br2FN3O. The van der Waals surface area contributed by atoms with Crippen LogP contribution in [-0.2, 0) is 0 Å². The van der Waals surface area contributed by atoms with Crippen molar-refractivity contribution >= 4 is 43.6 Å². The Hall–Kier alpha value is -1.34. The summed E-state index contributed by atoms with van der Waals surface area (Å²) >= 11 is 6.32. The summed E-state index contributed by atoms with van der Waals surface area (Å²) < 4.78 is 14.7. The Morgan fingerprint density at radius 3 is 2.79 bits per heavy atom. The topological polar surface area (TPSA) is 54.9 Å². The SMILES string of the molecule is Cc1cccc(C(=O)Nc2ncc(Br)nc2Br)c1F. The predicted molar refractivity (Wildman–Crippen MR) is 76.5 cm³/mol. The van der Waals surface area contributed by atoms with Crippen LogP contribution in [0, 0.1) is 12.7 Å². The zero-order valence-corrected chi connectivity index (χ0v) is 12.9. The first-order chi connectivity index (χ1) is 8.99. The molecule has 19 heavy (non-hydrogen) atoms. The van der Waals surface area contributed by atoms with Crippen molar-refractivity contribution in [3.05, 3.63) is 50.5 Å². The third kappa shape index (κ3) is 3.16. The number of carbonyl (C=O) groups excluding carboxylic acids is 1. The molecule has 1 aromatic heterocycles. The van der Waals surface area contributed by atoms with Crippen molar-refractivity contribution in [1.29, 1.82) is 0 Å². The number of aryl methyl sites for hydroxylation is 1. The Balaban J connectivity index is 2.28. The zero-order valence-electron chi connectivity index (χ0n) is 9.75. The number of anilines is 1. The summed E-state index contributed by atoms with van der Waals surface area (Å²) in [5.41, 5.74) is 0.380. The van der Waals surface area contributed by atoms with E-state index in [9.17, 15) is 9.18 Å². The van der Waals surface area contributed by atoms with E-state index in [-0.39, 0.29) is 11.4 Å². The fourth-order valence-electron chi connectivity index (χ4n) is 1.43. The van der Waals surface area contributed by atoms with Crippen molar-refractivity contribution in [3.63, 3.8) is 0 Å². The number of rotatable bonds is 2. The van der Waals surface area contributed by atoms with Gasteiger partial charge in [-0.25, -0.2) is 14.4 Å². The Morgan fingerprint density at radius 2 is 2.11 bits per heavy atom. The maximum atomic E-state index is 13.8. The molecule has 2 rings (SSSR count). The summed E-state index contributed by atoms with van der Waals surface area (Å²) in [5, 5.41) is 2.50. The standard InChI is InChI=1S/C12H8Br2FN3O/c1-6-3-2-4-7(9(6)15)12(19)18-11-10(14)17-8(13)5-16-11/h2-5H,1H3,(H,16,18,19). The first-order valence-corrected chi connectivity index (χ1v) is 6.82. The van der Waals surface area contributed by atoms with E-state index >= 15 is 0 Å². The average Bonchev–Trinajstić information content (AvgIpc) is 2.36. The summed E-state index contributed by atoms with van der Waals surface area (Å²) in [6.45, 7) is 1.60. The molecule has 1 heterocycles. The molecule has 0 atom stereocenters. The van der Waals surface area contributed by atoms with Gasteiger partial charge in [0.25, 0.3) is 5.91 Å². The molecule has 0 radical (unpaired) electrons. The summed E-state index contributed by atoms with van der Waals surface area (Å²) in [7, 11) is 0. The first kappa shape index (κ1) is 14.1. The number of nitrogens with one attached hydrogen (secondary N) is 1. The van der Waals surface area contributed by atoms with Crippen LogP contribution >= 0.6 is 31.9 Å². The van der Waals surface area contributed by atoms with E-state index in [1.165, 1.54) is 12.3 Å². The monoisotopic (exact) mass is 387 g/mol. The molecule has 0 aliphatic heterocycles. The van der Waals surface area contributed by atoms with Crippen LogP contribution in [0.15, 0.2) is 33.6 Å². The van der Waals surface area contributed by atoms with Gasteiger partial charge in [-0.1, -0.05) is 12.1 Å². The minimum atomic E-state index is -0.571. The number of aromatic nitrogens is 2. The molecule has 98 valence electrons. The lowest BCUT2D eigenvalue weighted by atomic mass is 10.1. The van der Waals surface area contributed by atoms with Gasteiger partial charge in [-0.3, -0.25) is 4.79 Å². The van der Waals surface area contributed by atoms with E-state index in [0.717, 1.165) is 0 Å². The van der Waals surface area contributed by atoms with Crippen LogP contribution in [0.5, 0.6) is 0 Å². The second-order valence-electron chi connectivity index (χ2n) is 3.72. The molecule has 2 aromatic rings. The number of hydrogen-bond donors (Lipinski definition) is 1. The smallest absolute Gasteiger partial charge is 0.259 e. The second-order valence-corrected chi connectivity index (χ2v) is 5.29. The molecule has 0 saturated carbocycles. The summed E-state index contributed by atoms with van der Waals surface area (Å²) in [5.74, 6) is -0.881. The highest BCUT2D eigenvalue weighted by Crippen LogP contribution is 2.21. The number of amides is 1. The molecule has 1 N–H and O–H groups in total. The minimum Gasteiger partial charge on any atom is -0.304 e. The Morgan fingerprint density at radius 1 is 1.37 bits per heavy atom. The molecular weight excluding hydrogens is 381 g/mol. The number of nitrogens with zero attached hydrogens (tertiary/aromatic N) is 2. The molecule has 0 unspecified atom stereocenters. The highest BCUT2D eigenvalue weighted by molar-refractivity contribution is 9.11. The molecule has 0 spiro atoms. The molecule has 7 heteroatoms. The van der Waals surface area contributed by atoms with Crippen molar-refractivity contribution < 1.29 is 9.18 Å². The number of benzene rings is 1. The third-order valence-electron chi connectivity index (χ3n) is 2.37. The van der Waals surface area contributed by atoms with E-state index in [1.54, 1.807) is 19.1 Å². The van der Waals surface area contributed by atoms with Crippen molar-refractivity contribution in [3.8, 4) is 0 Å². The first-order valence-electron chi connectivity index (χ1n) is 5.23. The minimum absolute atomic E-state index is 0.0309. The zero-order chi connectivity index (χ0) is 14.0. The van der Waals surface area contributed by atoms with Crippen LogP contribution in [0.3, 0.4) is 0 Å². The van der Waals surface area contributed by atoms with Gasteiger partial charge in [0.1, 0.15) is 15.0 Å². The Bertz CT molecular complexity index is 649. The van der Waals surface area contributed by atoms with Crippen LogP contribution in [0.25, 0.3) is 0 Å². The Kier molecular flexibility index (Phi) is 4.26. The normalized spacial score (nSPS) is 10.3. The van der Waals surface area contributed by atoms with Crippen molar-refractivity contribution in [1.82, 2.24) is 9.97 Å². The number of hydrogen-bond acceptors (Lipinski definition) is 3. The van der Waals surface area contributed by atoms with Gasteiger partial charge in [0.2, 0.25) is 0 Å². The Labute approximate surface area is 125 Å². The lowest BCUT2D eigenvalue weighted by Crippen LogP contribution is -2.16. The second kappa shape index (κ2) is 5.75. The molecule has 0 saturated heterocycles. The van der Waals surface area contributed by atoms with Gasteiger partial charge in [0.15, 0.2) is 5.82 Å². The molecule has 0 bridgehead atoms. The number of halogens is 3. The van der Waals surface area contributed by atoms with E-state index in [4.69, 9.17) is 0 Å². The van der Waals surface area contributed by atoms with Gasteiger partial charge in [-0.05, 0) is 50.4 Å². The molecule has 0 fully saturated rings. The maximum absolute atomic E-state index is 13.8. The van der Waals surface area contributed by atoms with Gasteiger partial charge in [0.05, 0.1) is 11.8 Å². The summed E-state index contributed by atoms with van der Waals surface area (Å²) in [4.78, 5) is 20.0. The summed E-state index contributed by atoms with van der Waals surface area (Å²) in [6, 6.07) is 4.63. The van der Waals surface area contributed by atoms with Gasteiger partial charge in [-0.2, -0.15) is 0 Å². The lowest BCUT2D eigenvalue weighted by Gasteiger charge is -2.07. The van der Waals surface area contributed by atoms with Gasteiger partial charge >= 0.3 is 0 Å². The predicted octanol–water partition coefficient (Wildman–Crippen LogP) is 3.70. The highest BCUT2D eigenvalue weighted by atomic mass is 79.9. The van der Waals surface area contributed by atoms with E-state index in [0.29, 0.717) is 14.8 Å². The largest absolute Gasteiger partial charge is 0.304 e. The maximum Gasteiger partial charge on any atom is 0.259 e. The lowest BCUT2D eigenvalue weighted by molar-refractivity contribution is 0.102. The van der Waals surface area contributed by atoms with E-state index in [1.807, 2.05) is 0 Å². The third-order valence-corrected chi connectivity index (χ3v) is 3.30. The number of carbonyl (C=O) groups is 1. The molecule has 0 aliphatic rings. The quantitative estimate of drug-likeness (QED) is 0.853. The van der Waals surface area contributed by atoms with Crippen molar-refractivity contribution in [2.75, 3.05) is 5.32 Å². The molecule has 1 amide bonds. The van der Waals surface area contributed by atoms with Crippen LogP contribution in [0.1, 0.15) is 15.9 Å². The molecule has 0 aliphatic carbocycles. The van der Waals surface area contributed by atoms with Crippen LogP contribution in [-0.4, -0.2) is 15.9 Å². The van der Waals surface area contributed by atoms with E-state index in [2.05, 4.69) is 47.1 Å². The van der Waals surface area contributed by atoms with Crippen LogP contribution in [0.4, 0.5) is 10.2 Å². The molecule has 4 nitrogen and oxygen atoms in total. The van der Waals surface area contributed by atoms with Gasteiger partial charge < -0.3 is 5.32 Å². The molecule has 1 aromatic carbocycles.